The third-order valence-corrected chi connectivity index (χ3v) is 6.69. The Morgan fingerprint density at radius 3 is 2.86 bits per heavy atom. The van der Waals surface area contributed by atoms with E-state index in [0.717, 1.165) is 49.8 Å². The number of nitrogens with two attached hydrogens (primary N) is 2. The zero-order valence-corrected chi connectivity index (χ0v) is 19.5. The highest BCUT2D eigenvalue weighted by atomic mass is 35.5. The van der Waals surface area contributed by atoms with Gasteiger partial charge in [0, 0.05) is 41.2 Å². The van der Waals surface area contributed by atoms with Gasteiger partial charge in [-0.15, -0.1) is 0 Å². The number of allylic oxidation sites excluding steroid dienone is 1. The molecule has 10 heteroatoms. The van der Waals surface area contributed by atoms with E-state index in [9.17, 15) is 0 Å². The fraction of sp³-hybridized carbons (Fsp3) is 0.200. The van der Waals surface area contributed by atoms with Crippen molar-refractivity contribution in [1.29, 1.82) is 0 Å². The molecule has 2 aliphatic rings. The van der Waals surface area contributed by atoms with Crippen molar-refractivity contribution in [2.45, 2.75) is 12.5 Å². The van der Waals surface area contributed by atoms with Crippen LogP contribution in [0.15, 0.2) is 59.7 Å². The molecule has 9 nitrogen and oxygen atoms in total. The van der Waals surface area contributed by atoms with Crippen LogP contribution < -0.4 is 16.4 Å². The second kappa shape index (κ2) is 8.68. The zero-order chi connectivity index (χ0) is 23.9. The highest BCUT2D eigenvalue weighted by Crippen LogP contribution is 2.32. The second-order valence-electron chi connectivity index (χ2n) is 8.58. The number of fused-ring (bicyclic) bond motifs is 1. The number of H-pyrrole nitrogens is 1. The molecule has 5 N–H and O–H groups in total. The number of aromatic nitrogens is 4. The molecule has 6 rings (SSSR count). The second-order valence-corrected chi connectivity index (χ2v) is 8.98. The highest BCUT2D eigenvalue weighted by Gasteiger charge is 2.29. The Bertz CT molecular complexity index is 1490. The predicted octanol–water partition coefficient (Wildman–Crippen LogP) is 3.93. The van der Waals surface area contributed by atoms with E-state index in [0.29, 0.717) is 31.9 Å². The summed E-state index contributed by atoms with van der Waals surface area (Å²) >= 11 is 6.39. The van der Waals surface area contributed by atoms with Crippen molar-refractivity contribution in [1.82, 2.24) is 20.2 Å². The van der Waals surface area contributed by atoms with Gasteiger partial charge in [0.05, 0.1) is 30.1 Å². The maximum atomic E-state index is 6.39. The molecule has 1 saturated heterocycles. The van der Waals surface area contributed by atoms with E-state index in [4.69, 9.17) is 27.8 Å². The van der Waals surface area contributed by atoms with Gasteiger partial charge in [0.15, 0.2) is 5.82 Å². The minimum atomic E-state index is -0.149. The number of rotatable bonds is 4. The van der Waals surface area contributed by atoms with Crippen LogP contribution in [0, 0.1) is 0 Å². The number of aliphatic imine (C=N–C) groups is 1. The summed E-state index contributed by atoms with van der Waals surface area (Å²) in [6, 6.07) is 15.6. The molecule has 4 aromatic rings. The Balaban J connectivity index is 1.22. The summed E-state index contributed by atoms with van der Waals surface area (Å²) in [5.41, 5.74) is 17.5. The maximum Gasteiger partial charge on any atom is 0.222 e. The Labute approximate surface area is 206 Å². The molecule has 1 unspecified atom stereocenters. The van der Waals surface area contributed by atoms with E-state index in [1.54, 1.807) is 0 Å². The minimum Gasteiger partial charge on any atom is -0.382 e. The molecule has 0 aliphatic carbocycles. The van der Waals surface area contributed by atoms with Crippen molar-refractivity contribution in [3.63, 3.8) is 0 Å². The van der Waals surface area contributed by atoms with Gasteiger partial charge in [-0.3, -0.25) is 10.1 Å². The largest absolute Gasteiger partial charge is 0.382 e. The molecule has 0 bridgehead atoms. The predicted molar refractivity (Wildman–Crippen MR) is 139 cm³/mol. The average molecular weight is 487 g/mol. The molecule has 176 valence electrons. The first-order valence-corrected chi connectivity index (χ1v) is 11.7. The van der Waals surface area contributed by atoms with Crippen molar-refractivity contribution in [3.8, 4) is 11.3 Å². The van der Waals surface area contributed by atoms with Gasteiger partial charge >= 0.3 is 0 Å². The average Bonchev–Trinajstić information content (AvgIpc) is 3.51. The first kappa shape index (κ1) is 21.6. The lowest BCUT2D eigenvalue weighted by Gasteiger charge is -2.34. The first-order chi connectivity index (χ1) is 17.0. The van der Waals surface area contributed by atoms with Crippen LogP contribution in [0.25, 0.3) is 27.7 Å². The van der Waals surface area contributed by atoms with Gasteiger partial charge < -0.3 is 21.1 Å². The van der Waals surface area contributed by atoms with E-state index in [-0.39, 0.29) is 12.1 Å². The normalized spacial score (nSPS) is 18.1. The van der Waals surface area contributed by atoms with E-state index in [2.05, 4.69) is 30.1 Å². The van der Waals surface area contributed by atoms with Crippen LogP contribution in [0.3, 0.4) is 0 Å². The van der Waals surface area contributed by atoms with Crippen LogP contribution in [0.4, 0.5) is 17.6 Å². The van der Waals surface area contributed by atoms with Gasteiger partial charge in [-0.25, -0.2) is 4.98 Å². The number of hydrogen-bond acceptors (Lipinski definition) is 8. The number of anilines is 3. The zero-order valence-electron chi connectivity index (χ0n) is 18.8. The summed E-state index contributed by atoms with van der Waals surface area (Å²) in [4.78, 5) is 15.8. The van der Waals surface area contributed by atoms with E-state index in [1.165, 1.54) is 0 Å². The molecule has 2 aliphatic heterocycles. The third kappa shape index (κ3) is 4.09. The molecule has 0 spiro atoms. The molecule has 1 atom stereocenters. The van der Waals surface area contributed by atoms with E-state index in [1.807, 2.05) is 54.7 Å². The fourth-order valence-electron chi connectivity index (χ4n) is 4.55. The maximum absolute atomic E-state index is 6.39. The Kier molecular flexibility index (Phi) is 5.35. The van der Waals surface area contributed by atoms with Crippen molar-refractivity contribution in [2.75, 3.05) is 36.1 Å². The van der Waals surface area contributed by atoms with Crippen molar-refractivity contribution in [2.24, 2.45) is 4.99 Å². The van der Waals surface area contributed by atoms with Crippen molar-refractivity contribution in [3.05, 3.63) is 65.3 Å². The molecular weight excluding hydrogens is 464 g/mol. The van der Waals surface area contributed by atoms with Crippen LogP contribution in [0.2, 0.25) is 5.02 Å². The Hall–Kier alpha value is -3.95. The number of morpholine rings is 1. The minimum absolute atomic E-state index is 0.149. The number of nitrogens with zero attached hydrogens (tertiary/aromatic N) is 5. The third-order valence-electron chi connectivity index (χ3n) is 6.36. The number of ether oxygens (including phenoxy) is 1. The molecule has 1 fully saturated rings. The Morgan fingerprint density at radius 2 is 1.97 bits per heavy atom. The quantitative estimate of drug-likeness (QED) is 0.398. The van der Waals surface area contributed by atoms with Gasteiger partial charge in [0.2, 0.25) is 5.95 Å². The summed E-state index contributed by atoms with van der Waals surface area (Å²) < 4.78 is 6.09. The van der Waals surface area contributed by atoms with Crippen LogP contribution in [-0.4, -0.2) is 51.7 Å². The number of benzene rings is 2. The van der Waals surface area contributed by atoms with Gasteiger partial charge in [-0.2, -0.15) is 10.1 Å². The molecule has 35 heavy (non-hydrogen) atoms. The summed E-state index contributed by atoms with van der Waals surface area (Å²) in [7, 11) is 0. The van der Waals surface area contributed by atoms with E-state index < -0.39 is 0 Å². The molecule has 2 aromatic heterocycles. The standard InChI is InChI=1S/C25H23ClN8O/c26-18-4-2-1-3-16(18)15-10-21(29-12-15)22-13-34(7-8-35-22)23-11-19(30-25(28)31-23)14-5-6-17-20(9-14)32-33-24(17)27/h1-6,9,11-12,22H,7-8,10,13H2,(H3,27,32,33)(H2,28,30,31). The van der Waals surface area contributed by atoms with Crippen LogP contribution in [0.1, 0.15) is 12.0 Å². The van der Waals surface area contributed by atoms with Crippen LogP contribution >= 0.6 is 11.6 Å². The Morgan fingerprint density at radius 1 is 1.09 bits per heavy atom. The topological polar surface area (TPSA) is 131 Å². The number of nitrogens with one attached hydrogen (secondary N) is 1. The van der Waals surface area contributed by atoms with Gasteiger partial charge in [-0.05, 0) is 29.3 Å². The first-order valence-electron chi connectivity index (χ1n) is 11.3. The molecule has 0 radical (unpaired) electrons. The van der Waals surface area contributed by atoms with Crippen molar-refractivity contribution >= 4 is 51.4 Å². The lowest BCUT2D eigenvalue weighted by atomic mass is 10.00. The molecule has 0 amide bonds. The van der Waals surface area contributed by atoms with Crippen molar-refractivity contribution < 1.29 is 4.74 Å². The molecular formula is C25H23ClN8O. The fourth-order valence-corrected chi connectivity index (χ4v) is 4.81. The SMILES string of the molecule is Nc1nc(-c2ccc3c(N)n[nH]c3c2)cc(N2CCOC(C3=NC=C(c4ccccc4Cl)C3)C2)n1. The summed E-state index contributed by atoms with van der Waals surface area (Å²) in [5, 5.41) is 8.60. The van der Waals surface area contributed by atoms with Crippen LogP contribution in [0.5, 0.6) is 0 Å². The molecule has 2 aromatic carbocycles. The van der Waals surface area contributed by atoms with Gasteiger partial charge in [0.1, 0.15) is 11.9 Å². The van der Waals surface area contributed by atoms with Gasteiger partial charge in [-0.1, -0.05) is 35.9 Å². The number of aromatic amines is 1. The smallest absolute Gasteiger partial charge is 0.222 e. The van der Waals surface area contributed by atoms with Crippen LogP contribution in [-0.2, 0) is 4.74 Å². The number of halogens is 1. The summed E-state index contributed by atoms with van der Waals surface area (Å²) in [5.74, 6) is 1.43. The monoisotopic (exact) mass is 486 g/mol. The highest BCUT2D eigenvalue weighted by molar-refractivity contribution is 6.32. The summed E-state index contributed by atoms with van der Waals surface area (Å²) in [6.45, 7) is 1.87. The number of nitrogen functional groups attached to an aromatic ring is 2. The lowest BCUT2D eigenvalue weighted by molar-refractivity contribution is 0.0829. The van der Waals surface area contributed by atoms with Gasteiger partial charge in [0.25, 0.3) is 0 Å². The summed E-state index contributed by atoms with van der Waals surface area (Å²) in [6.07, 6.45) is 2.44. The number of hydrogen-bond donors (Lipinski definition) is 3. The molecule has 4 heterocycles. The lowest BCUT2D eigenvalue weighted by Crippen LogP contribution is -2.46. The molecule has 0 saturated carbocycles. The van der Waals surface area contributed by atoms with E-state index >= 15 is 0 Å².